The highest BCUT2D eigenvalue weighted by molar-refractivity contribution is 5.79. The molecule has 10 heteroatoms. The molecule has 25 heavy (non-hydrogen) atoms. The van der Waals surface area contributed by atoms with Crippen LogP contribution in [0.1, 0.15) is 18.0 Å². The number of carbonyl (C=O) groups is 2. The highest BCUT2D eigenvalue weighted by Crippen LogP contribution is 2.31. The van der Waals surface area contributed by atoms with E-state index < -0.39 is 43.7 Å². The number of carboxylic acid groups (broad SMARTS) is 1. The van der Waals surface area contributed by atoms with Gasteiger partial charge in [-0.05, 0) is 12.1 Å². The van der Waals surface area contributed by atoms with Crippen molar-refractivity contribution in [3.63, 3.8) is 0 Å². The number of rotatable bonds is 9. The number of hydrogen-bond donors (Lipinski definition) is 2. The summed E-state index contributed by atoms with van der Waals surface area (Å²) >= 11 is 0. The van der Waals surface area contributed by atoms with Gasteiger partial charge in [-0.25, -0.2) is 0 Å². The van der Waals surface area contributed by atoms with Crippen LogP contribution in [0.4, 0.5) is 13.2 Å². The average molecular weight is 365 g/mol. The zero-order valence-corrected chi connectivity index (χ0v) is 13.6. The number of amides is 1. The van der Waals surface area contributed by atoms with Crippen LogP contribution in [0.25, 0.3) is 0 Å². The van der Waals surface area contributed by atoms with E-state index in [1.807, 2.05) is 0 Å². The zero-order chi connectivity index (χ0) is 19.0. The smallest absolute Gasteiger partial charge is 0.411 e. The van der Waals surface area contributed by atoms with Crippen LogP contribution in [0.2, 0.25) is 0 Å². The third kappa shape index (κ3) is 7.29. The number of alkyl halides is 3. The maximum absolute atomic E-state index is 12.0. The molecule has 0 aliphatic carbocycles. The van der Waals surface area contributed by atoms with E-state index in [-0.39, 0.29) is 5.75 Å². The molecule has 0 unspecified atom stereocenters. The quantitative estimate of drug-likeness (QED) is 0.694. The van der Waals surface area contributed by atoms with Gasteiger partial charge in [0.25, 0.3) is 0 Å². The van der Waals surface area contributed by atoms with Crippen LogP contribution in [0.5, 0.6) is 11.5 Å². The number of nitrogens with one attached hydrogen (secondary N) is 1. The molecular weight excluding hydrogens is 347 g/mol. The fraction of sp³-hybridized carbons (Fsp3) is 0.467. The van der Waals surface area contributed by atoms with E-state index in [1.165, 1.54) is 26.4 Å². The number of aliphatic carboxylic acids is 1. The fourth-order valence-electron chi connectivity index (χ4n) is 2.02. The molecule has 1 aromatic rings. The van der Waals surface area contributed by atoms with Crippen molar-refractivity contribution in [1.29, 1.82) is 0 Å². The first kappa shape index (κ1) is 20.6. The summed E-state index contributed by atoms with van der Waals surface area (Å²) in [5.41, 5.74) is 0.342. The van der Waals surface area contributed by atoms with Crippen LogP contribution >= 0.6 is 0 Å². The Morgan fingerprint density at radius 3 is 2.44 bits per heavy atom. The Morgan fingerprint density at radius 2 is 1.92 bits per heavy atom. The molecule has 1 aromatic carbocycles. The first-order valence-corrected chi connectivity index (χ1v) is 7.04. The summed E-state index contributed by atoms with van der Waals surface area (Å²) in [7, 11) is 2.79. The monoisotopic (exact) mass is 365 g/mol. The van der Waals surface area contributed by atoms with Gasteiger partial charge in [-0.15, -0.1) is 0 Å². The minimum absolute atomic E-state index is 0.266. The predicted molar refractivity (Wildman–Crippen MR) is 79.6 cm³/mol. The lowest BCUT2D eigenvalue weighted by atomic mass is 10.0. The molecule has 0 aliphatic heterocycles. The van der Waals surface area contributed by atoms with Gasteiger partial charge in [0, 0.05) is 11.6 Å². The topological polar surface area (TPSA) is 94.1 Å². The van der Waals surface area contributed by atoms with E-state index in [0.29, 0.717) is 11.3 Å². The van der Waals surface area contributed by atoms with Crippen LogP contribution < -0.4 is 14.8 Å². The summed E-state index contributed by atoms with van der Waals surface area (Å²) in [6.45, 7) is -2.43. The molecule has 0 aliphatic rings. The standard InChI is InChI=1S/C15H18F3NO6/c1-23-9-3-4-10(12(5-9)24-2)11(6-14(21)22)19-13(20)7-25-8-15(16,17)18/h3-5,11H,6-8H2,1-2H3,(H,19,20)(H,21,22)/t11-/m0/s1. The summed E-state index contributed by atoms with van der Waals surface area (Å²) in [5, 5.41) is 11.3. The molecule has 0 fully saturated rings. The van der Waals surface area contributed by atoms with Crippen LogP contribution in [0.15, 0.2) is 18.2 Å². The molecule has 2 N–H and O–H groups in total. The Bertz CT molecular complexity index is 605. The second-order valence-corrected chi connectivity index (χ2v) is 4.93. The third-order valence-electron chi connectivity index (χ3n) is 3.03. The fourth-order valence-corrected chi connectivity index (χ4v) is 2.02. The molecule has 0 bridgehead atoms. The number of benzene rings is 1. The molecule has 0 saturated heterocycles. The largest absolute Gasteiger partial charge is 0.497 e. The molecule has 7 nitrogen and oxygen atoms in total. The number of halogens is 3. The van der Waals surface area contributed by atoms with Gasteiger partial charge < -0.3 is 24.6 Å². The van der Waals surface area contributed by atoms with Crippen molar-refractivity contribution in [3.05, 3.63) is 23.8 Å². The second kappa shape index (κ2) is 9.11. The van der Waals surface area contributed by atoms with Gasteiger partial charge in [-0.1, -0.05) is 0 Å². The maximum atomic E-state index is 12.0. The van der Waals surface area contributed by atoms with Gasteiger partial charge in [-0.3, -0.25) is 9.59 Å². The lowest BCUT2D eigenvalue weighted by molar-refractivity contribution is -0.175. The Balaban J connectivity index is 2.87. The SMILES string of the molecule is COc1ccc([C@H](CC(=O)O)NC(=O)COCC(F)(F)F)c(OC)c1. The molecular formula is C15H18F3NO6. The van der Waals surface area contributed by atoms with E-state index in [0.717, 1.165) is 0 Å². The highest BCUT2D eigenvalue weighted by Gasteiger charge is 2.28. The summed E-state index contributed by atoms with van der Waals surface area (Å²) in [6, 6.07) is 3.53. The maximum Gasteiger partial charge on any atom is 0.411 e. The summed E-state index contributed by atoms with van der Waals surface area (Å²) in [6.07, 6.45) is -5.05. The van der Waals surface area contributed by atoms with Crippen LogP contribution in [-0.2, 0) is 14.3 Å². The average Bonchev–Trinajstić information content (AvgIpc) is 2.51. The molecule has 0 spiro atoms. The molecule has 0 radical (unpaired) electrons. The number of carboxylic acids is 1. The second-order valence-electron chi connectivity index (χ2n) is 4.93. The van der Waals surface area contributed by atoms with Gasteiger partial charge in [0.2, 0.25) is 5.91 Å². The Kier molecular flexibility index (Phi) is 7.49. The highest BCUT2D eigenvalue weighted by atomic mass is 19.4. The molecule has 1 amide bonds. The van der Waals surface area contributed by atoms with Gasteiger partial charge in [0.15, 0.2) is 0 Å². The van der Waals surface area contributed by atoms with Crippen LogP contribution in [0, 0.1) is 0 Å². The van der Waals surface area contributed by atoms with Crippen molar-refractivity contribution in [2.75, 3.05) is 27.4 Å². The molecule has 0 heterocycles. The summed E-state index contributed by atoms with van der Waals surface area (Å²) in [4.78, 5) is 22.8. The van der Waals surface area contributed by atoms with E-state index >= 15 is 0 Å². The lowest BCUT2D eigenvalue weighted by Crippen LogP contribution is -2.34. The third-order valence-corrected chi connectivity index (χ3v) is 3.03. The number of hydrogen-bond acceptors (Lipinski definition) is 5. The molecule has 1 atom stereocenters. The predicted octanol–water partition coefficient (Wildman–Crippen LogP) is 1.91. The molecule has 0 aromatic heterocycles. The normalized spacial score (nSPS) is 12.4. The number of methoxy groups -OCH3 is 2. The van der Waals surface area contributed by atoms with Crippen molar-refractivity contribution in [3.8, 4) is 11.5 Å². The lowest BCUT2D eigenvalue weighted by Gasteiger charge is -2.20. The van der Waals surface area contributed by atoms with Crippen molar-refractivity contribution >= 4 is 11.9 Å². The summed E-state index contributed by atoms with van der Waals surface area (Å²) in [5.74, 6) is -1.37. The van der Waals surface area contributed by atoms with Crippen molar-refractivity contribution in [2.45, 2.75) is 18.6 Å². The van der Waals surface area contributed by atoms with E-state index in [2.05, 4.69) is 10.1 Å². The van der Waals surface area contributed by atoms with E-state index in [4.69, 9.17) is 14.6 Å². The molecule has 1 rings (SSSR count). The number of ether oxygens (including phenoxy) is 3. The Labute approximate surface area is 141 Å². The van der Waals surface area contributed by atoms with Gasteiger partial charge in [-0.2, -0.15) is 13.2 Å². The summed E-state index contributed by atoms with van der Waals surface area (Å²) < 4.78 is 50.5. The van der Waals surface area contributed by atoms with Crippen LogP contribution in [-0.4, -0.2) is 50.6 Å². The molecule has 140 valence electrons. The van der Waals surface area contributed by atoms with Crippen molar-refractivity contribution in [2.24, 2.45) is 0 Å². The van der Waals surface area contributed by atoms with Crippen LogP contribution in [0.3, 0.4) is 0 Å². The first-order chi connectivity index (χ1) is 11.7. The minimum Gasteiger partial charge on any atom is -0.497 e. The van der Waals surface area contributed by atoms with Crippen molar-refractivity contribution < 1.29 is 42.1 Å². The van der Waals surface area contributed by atoms with E-state index in [9.17, 15) is 22.8 Å². The van der Waals surface area contributed by atoms with Crippen molar-refractivity contribution in [1.82, 2.24) is 5.32 Å². The Morgan fingerprint density at radius 1 is 1.24 bits per heavy atom. The zero-order valence-electron chi connectivity index (χ0n) is 13.6. The number of carbonyl (C=O) groups excluding carboxylic acids is 1. The minimum atomic E-state index is -4.56. The van der Waals surface area contributed by atoms with Gasteiger partial charge in [0.05, 0.1) is 26.7 Å². The van der Waals surface area contributed by atoms with Gasteiger partial charge in [0.1, 0.15) is 24.7 Å². The Hall–Kier alpha value is -2.49. The van der Waals surface area contributed by atoms with Gasteiger partial charge >= 0.3 is 12.1 Å². The van der Waals surface area contributed by atoms with E-state index in [1.54, 1.807) is 6.07 Å². The first-order valence-electron chi connectivity index (χ1n) is 7.04. The molecule has 0 saturated carbocycles.